The minimum absolute atomic E-state index is 0. The van der Waals surface area contributed by atoms with E-state index in [2.05, 4.69) is 0 Å². The number of ketones is 3. The summed E-state index contributed by atoms with van der Waals surface area (Å²) in [6.45, 7) is 2.79. The summed E-state index contributed by atoms with van der Waals surface area (Å²) in [5.74, 6) is -3.18. The zero-order chi connectivity index (χ0) is 27.7. The number of hydrogen-bond donors (Lipinski definition) is 5. The van der Waals surface area contributed by atoms with Crippen LogP contribution in [0.2, 0.25) is 0 Å². The Morgan fingerprint density at radius 2 is 1.79 bits per heavy atom. The van der Waals surface area contributed by atoms with Gasteiger partial charge in [0, 0.05) is 42.0 Å². The summed E-state index contributed by atoms with van der Waals surface area (Å²) in [6, 6.07) is 3.75. The fourth-order valence-electron chi connectivity index (χ4n) is 5.66. The number of Topliss-reactive ketones (excluding diaryl/α,β-unsaturated/α-hetero) is 1. The van der Waals surface area contributed by atoms with Gasteiger partial charge in [0.25, 0.3) is 0 Å². The first-order chi connectivity index (χ1) is 17.9. The number of hydrogen-bond acceptors (Lipinski definition) is 11. The van der Waals surface area contributed by atoms with Crippen molar-refractivity contribution in [1.82, 2.24) is 0 Å². The lowest BCUT2D eigenvalue weighted by atomic mass is 9.72. The Morgan fingerprint density at radius 1 is 1.13 bits per heavy atom. The minimum Gasteiger partial charge on any atom is -0.507 e. The van der Waals surface area contributed by atoms with Crippen molar-refractivity contribution in [3.8, 4) is 17.2 Å². The predicted molar refractivity (Wildman–Crippen MR) is 138 cm³/mol. The van der Waals surface area contributed by atoms with Gasteiger partial charge in [0.1, 0.15) is 22.8 Å². The highest BCUT2D eigenvalue weighted by molar-refractivity contribution is 6.31. The molecule has 0 bridgehead atoms. The molecule has 0 spiro atoms. The number of methoxy groups -OCH3 is 1. The van der Waals surface area contributed by atoms with Gasteiger partial charge in [-0.05, 0) is 19.9 Å². The van der Waals surface area contributed by atoms with E-state index in [-0.39, 0.29) is 53.3 Å². The number of aliphatic hydroxyl groups excluding tert-OH is 1. The summed E-state index contributed by atoms with van der Waals surface area (Å²) in [6.07, 6.45) is -4.53. The van der Waals surface area contributed by atoms with Crippen molar-refractivity contribution in [2.75, 3.05) is 7.11 Å². The number of phenols is 2. The SMILES string of the molecule is COc1cccc2c1C(=O)c1c(O)c3c(c(O)c1C2=O)C[C@@](O)(C(C)=O)CC3O[C@H]1C[C@H](N)[C@@H](O)[C@@H](C)O1.Cl. The van der Waals surface area contributed by atoms with Crippen LogP contribution >= 0.6 is 12.4 Å². The number of benzene rings is 2. The van der Waals surface area contributed by atoms with Crippen molar-refractivity contribution >= 4 is 29.8 Å². The summed E-state index contributed by atoms with van der Waals surface area (Å²) in [5.41, 5.74) is 2.97. The lowest BCUT2D eigenvalue weighted by Gasteiger charge is -2.42. The van der Waals surface area contributed by atoms with E-state index in [0.29, 0.717) is 0 Å². The molecule has 1 unspecified atom stereocenters. The molecule has 6 atom stereocenters. The molecule has 1 aliphatic heterocycles. The lowest BCUT2D eigenvalue weighted by Crippen LogP contribution is -2.52. The van der Waals surface area contributed by atoms with Crippen molar-refractivity contribution in [1.29, 1.82) is 0 Å². The molecule has 0 aromatic heterocycles. The zero-order valence-electron chi connectivity index (χ0n) is 21.5. The molecule has 1 fully saturated rings. The van der Waals surface area contributed by atoms with E-state index < -0.39 is 82.6 Å². The first-order valence-corrected chi connectivity index (χ1v) is 12.2. The average molecular weight is 564 g/mol. The number of ether oxygens (including phenoxy) is 3. The van der Waals surface area contributed by atoms with Crippen LogP contribution in [0.15, 0.2) is 18.2 Å². The molecule has 3 aliphatic rings. The Kier molecular flexibility index (Phi) is 7.54. The number of carbonyl (C=O) groups excluding carboxylic acids is 3. The second-order valence-corrected chi connectivity index (χ2v) is 10.1. The largest absolute Gasteiger partial charge is 0.507 e. The molecule has 2 aromatic rings. The van der Waals surface area contributed by atoms with E-state index >= 15 is 0 Å². The second kappa shape index (κ2) is 10.2. The molecule has 5 rings (SSSR count). The number of aliphatic hydroxyl groups is 2. The van der Waals surface area contributed by atoms with E-state index in [1.807, 2.05) is 0 Å². The molecule has 1 heterocycles. The van der Waals surface area contributed by atoms with Crippen LogP contribution in [0.3, 0.4) is 0 Å². The van der Waals surface area contributed by atoms with E-state index in [4.69, 9.17) is 19.9 Å². The molecular formula is C27H30ClNO10. The number of fused-ring (bicyclic) bond motifs is 3. The van der Waals surface area contributed by atoms with Crippen LogP contribution in [0.5, 0.6) is 17.2 Å². The smallest absolute Gasteiger partial charge is 0.202 e. The molecule has 2 aliphatic carbocycles. The summed E-state index contributed by atoms with van der Waals surface area (Å²) in [4.78, 5) is 39.6. The topological polar surface area (TPSA) is 186 Å². The van der Waals surface area contributed by atoms with Crippen LogP contribution in [-0.4, -0.2) is 75.0 Å². The van der Waals surface area contributed by atoms with Crippen LogP contribution in [0.4, 0.5) is 0 Å². The third kappa shape index (κ3) is 4.39. The molecule has 1 saturated heterocycles. The van der Waals surface area contributed by atoms with Gasteiger partial charge in [0.2, 0.25) is 5.78 Å². The van der Waals surface area contributed by atoms with Crippen LogP contribution < -0.4 is 10.5 Å². The highest BCUT2D eigenvalue weighted by Crippen LogP contribution is 2.52. The second-order valence-electron chi connectivity index (χ2n) is 10.1. The molecule has 6 N–H and O–H groups in total. The van der Waals surface area contributed by atoms with Crippen LogP contribution in [0.25, 0.3) is 0 Å². The van der Waals surface area contributed by atoms with Crippen molar-refractivity contribution < 1.29 is 49.0 Å². The van der Waals surface area contributed by atoms with Gasteiger partial charge in [-0.2, -0.15) is 0 Å². The molecular weight excluding hydrogens is 534 g/mol. The van der Waals surface area contributed by atoms with Crippen molar-refractivity contribution in [2.24, 2.45) is 5.73 Å². The summed E-state index contributed by atoms with van der Waals surface area (Å²) < 4.78 is 17.1. The molecule has 0 saturated carbocycles. The number of nitrogens with two attached hydrogens (primary N) is 1. The maximum atomic E-state index is 13.6. The van der Waals surface area contributed by atoms with Gasteiger partial charge in [-0.3, -0.25) is 14.4 Å². The molecule has 0 radical (unpaired) electrons. The normalized spacial score (nSPS) is 29.5. The standard InChI is InChI=1S/C27H29NO10.ClH/c1-10-22(30)14(28)7-17(37-10)38-16-9-27(35,11(2)29)8-13-19(16)26(34)21-20(24(13)32)23(31)12-5-4-6-15(36-3)18(12)25(21)33;/h4-6,10,14,16-17,22,30,32,34-35H,7-9,28H2,1-3H3;1H/t10-,14+,16?,17+,22+,27+;/m1./s1. The summed E-state index contributed by atoms with van der Waals surface area (Å²) in [5, 5.41) is 44.1. The van der Waals surface area contributed by atoms with Crippen molar-refractivity contribution in [3.05, 3.63) is 51.6 Å². The minimum atomic E-state index is -2.00. The maximum Gasteiger partial charge on any atom is 0.202 e. The number of carbonyl (C=O) groups is 3. The highest BCUT2D eigenvalue weighted by Gasteiger charge is 2.49. The fourth-order valence-corrected chi connectivity index (χ4v) is 5.66. The molecule has 39 heavy (non-hydrogen) atoms. The van der Waals surface area contributed by atoms with Gasteiger partial charge in [0.15, 0.2) is 17.9 Å². The van der Waals surface area contributed by atoms with Gasteiger partial charge >= 0.3 is 0 Å². The van der Waals surface area contributed by atoms with E-state index in [1.165, 1.54) is 32.2 Å². The Labute approximate surface area is 229 Å². The van der Waals surface area contributed by atoms with Gasteiger partial charge in [-0.25, -0.2) is 0 Å². The Bertz CT molecular complexity index is 1370. The summed E-state index contributed by atoms with van der Waals surface area (Å²) >= 11 is 0. The first-order valence-electron chi connectivity index (χ1n) is 12.2. The molecule has 2 aromatic carbocycles. The highest BCUT2D eigenvalue weighted by atomic mass is 35.5. The van der Waals surface area contributed by atoms with Gasteiger partial charge in [-0.15, -0.1) is 12.4 Å². The van der Waals surface area contributed by atoms with Crippen molar-refractivity contribution in [3.63, 3.8) is 0 Å². The Hall–Kier alpha value is -3.06. The monoisotopic (exact) mass is 563 g/mol. The van der Waals surface area contributed by atoms with Crippen LogP contribution in [0, 0.1) is 0 Å². The van der Waals surface area contributed by atoms with Crippen LogP contribution in [0.1, 0.15) is 75.8 Å². The quantitative estimate of drug-likeness (QED) is 0.289. The molecule has 210 valence electrons. The predicted octanol–water partition coefficient (Wildman–Crippen LogP) is 1.45. The number of halogens is 1. The molecule has 12 heteroatoms. The molecule has 0 amide bonds. The zero-order valence-corrected chi connectivity index (χ0v) is 22.3. The average Bonchev–Trinajstić information content (AvgIpc) is 2.87. The van der Waals surface area contributed by atoms with Crippen LogP contribution in [-0.2, 0) is 20.7 Å². The number of phenolic OH excluding ortho intramolecular Hbond substituents is 2. The number of rotatable bonds is 4. The van der Waals surface area contributed by atoms with E-state index in [9.17, 15) is 34.8 Å². The van der Waals surface area contributed by atoms with Gasteiger partial charge in [-0.1, -0.05) is 12.1 Å². The lowest BCUT2D eigenvalue weighted by molar-refractivity contribution is -0.247. The van der Waals surface area contributed by atoms with E-state index in [0.717, 1.165) is 0 Å². The Balaban J connectivity index is 0.00000353. The third-order valence-electron chi connectivity index (χ3n) is 7.80. The van der Waals surface area contributed by atoms with Gasteiger partial charge < -0.3 is 40.4 Å². The van der Waals surface area contributed by atoms with Gasteiger partial charge in [0.05, 0.1) is 42.1 Å². The maximum absolute atomic E-state index is 13.6. The Morgan fingerprint density at radius 3 is 2.41 bits per heavy atom. The summed E-state index contributed by atoms with van der Waals surface area (Å²) in [7, 11) is 1.34. The fraction of sp³-hybridized carbons (Fsp3) is 0.444. The number of aromatic hydroxyl groups is 2. The van der Waals surface area contributed by atoms with Crippen molar-refractivity contribution in [2.45, 2.75) is 69.4 Å². The first kappa shape index (κ1) is 28.9. The molecule has 11 nitrogen and oxygen atoms in total. The third-order valence-corrected chi connectivity index (χ3v) is 7.80. The van der Waals surface area contributed by atoms with E-state index in [1.54, 1.807) is 6.92 Å².